The Hall–Kier alpha value is -3.57. The van der Waals surface area contributed by atoms with Crippen LogP contribution in [0.1, 0.15) is 12.8 Å². The normalized spacial score (nSPS) is 15.4. The Morgan fingerprint density at radius 1 is 1.08 bits per heavy atom. The van der Waals surface area contributed by atoms with Gasteiger partial charge in [-0.05, 0) is 31.0 Å². The van der Waals surface area contributed by atoms with Crippen LogP contribution in [0.5, 0.6) is 17.2 Å². The Labute approximate surface area is 217 Å². The van der Waals surface area contributed by atoms with Gasteiger partial charge in [0.1, 0.15) is 18.0 Å². The predicted octanol–water partition coefficient (Wildman–Crippen LogP) is 4.31. The van der Waals surface area contributed by atoms with Gasteiger partial charge in [0.25, 0.3) is 0 Å². The summed E-state index contributed by atoms with van der Waals surface area (Å²) in [5.74, 6) is 3.46. The number of nitrogens with one attached hydrogen (secondary N) is 1. The van der Waals surface area contributed by atoms with Crippen LogP contribution in [0.2, 0.25) is 0 Å². The number of rotatable bonds is 8. The molecule has 1 aliphatic rings. The maximum Gasteiger partial charge on any atom is 0.228 e. The standard InChI is InChI=1S/C25H27BrN6O4/c1-34-20-10-17(11-21(35-2)23(20)36-3)31-12-22(27-14-31)29-24-18-7-6-15(26)9-19(18)28-25(30-24)32-8-4-5-16(32)13-33/h6-7,9-12,14,16,33H,4-5,8,13H2,1-3H3,(H,28,29,30)/t16-/m1/s1. The van der Waals surface area contributed by atoms with E-state index in [1.807, 2.05) is 41.1 Å². The highest BCUT2D eigenvalue weighted by Gasteiger charge is 2.27. The average molecular weight is 555 g/mol. The number of ether oxygens (including phenoxy) is 3. The average Bonchev–Trinajstić information content (AvgIpc) is 3.57. The number of hydrogen-bond acceptors (Lipinski definition) is 9. The summed E-state index contributed by atoms with van der Waals surface area (Å²) in [6.45, 7) is 0.877. The summed E-state index contributed by atoms with van der Waals surface area (Å²) in [6.07, 6.45) is 5.47. The van der Waals surface area contributed by atoms with Crippen molar-refractivity contribution in [3.63, 3.8) is 0 Å². The molecule has 3 heterocycles. The predicted molar refractivity (Wildman–Crippen MR) is 141 cm³/mol. The summed E-state index contributed by atoms with van der Waals surface area (Å²) in [6, 6.07) is 9.61. The van der Waals surface area contributed by atoms with Crippen LogP contribution >= 0.6 is 15.9 Å². The Balaban J connectivity index is 1.52. The fourth-order valence-electron chi connectivity index (χ4n) is 4.47. The van der Waals surface area contributed by atoms with Crippen LogP contribution < -0.4 is 24.4 Å². The zero-order valence-electron chi connectivity index (χ0n) is 20.2. The number of halogens is 1. The first kappa shape index (κ1) is 24.1. The quantitative estimate of drug-likeness (QED) is 0.329. The van der Waals surface area contributed by atoms with Crippen LogP contribution in [0, 0.1) is 0 Å². The molecule has 0 radical (unpaired) electrons. The van der Waals surface area contributed by atoms with Crippen molar-refractivity contribution in [2.45, 2.75) is 18.9 Å². The summed E-state index contributed by atoms with van der Waals surface area (Å²) in [5.41, 5.74) is 1.59. The van der Waals surface area contributed by atoms with E-state index in [0.29, 0.717) is 34.8 Å². The van der Waals surface area contributed by atoms with Gasteiger partial charge in [-0.1, -0.05) is 15.9 Å². The van der Waals surface area contributed by atoms with E-state index in [4.69, 9.17) is 24.2 Å². The molecule has 1 saturated heterocycles. The highest BCUT2D eigenvalue weighted by Crippen LogP contribution is 2.39. The van der Waals surface area contributed by atoms with Gasteiger partial charge in [-0.25, -0.2) is 9.97 Å². The van der Waals surface area contributed by atoms with Crippen LogP contribution in [0.25, 0.3) is 16.6 Å². The van der Waals surface area contributed by atoms with E-state index in [9.17, 15) is 5.11 Å². The van der Waals surface area contributed by atoms with Gasteiger partial charge in [0.2, 0.25) is 11.7 Å². The van der Waals surface area contributed by atoms with Crippen LogP contribution in [-0.4, -0.2) is 65.1 Å². The van der Waals surface area contributed by atoms with Crippen LogP contribution in [0.15, 0.2) is 47.3 Å². The van der Waals surface area contributed by atoms with Crippen molar-refractivity contribution in [2.75, 3.05) is 44.7 Å². The number of benzene rings is 2. The summed E-state index contributed by atoms with van der Waals surface area (Å²) < 4.78 is 19.2. The van der Waals surface area contributed by atoms with Crippen molar-refractivity contribution in [1.82, 2.24) is 19.5 Å². The lowest BCUT2D eigenvalue weighted by Crippen LogP contribution is -2.33. The zero-order chi connectivity index (χ0) is 25.2. The summed E-state index contributed by atoms with van der Waals surface area (Å²) >= 11 is 3.54. The van der Waals surface area contributed by atoms with Crippen molar-refractivity contribution in [3.8, 4) is 22.9 Å². The molecule has 1 aliphatic heterocycles. The molecule has 0 spiro atoms. The number of methoxy groups -OCH3 is 3. The minimum atomic E-state index is 0.0155. The van der Waals surface area contributed by atoms with Crippen LogP contribution in [0.3, 0.4) is 0 Å². The second kappa shape index (κ2) is 10.2. The van der Waals surface area contributed by atoms with E-state index < -0.39 is 0 Å². The van der Waals surface area contributed by atoms with Gasteiger partial charge in [0, 0.05) is 28.5 Å². The molecule has 0 unspecified atom stereocenters. The lowest BCUT2D eigenvalue weighted by Gasteiger charge is -2.24. The first-order valence-corrected chi connectivity index (χ1v) is 12.3. The molecule has 5 rings (SSSR count). The summed E-state index contributed by atoms with van der Waals surface area (Å²) in [5, 5.41) is 14.0. The van der Waals surface area contributed by atoms with Crippen molar-refractivity contribution < 1.29 is 19.3 Å². The zero-order valence-corrected chi connectivity index (χ0v) is 21.8. The molecular formula is C25H27BrN6O4. The summed E-state index contributed by atoms with van der Waals surface area (Å²) in [4.78, 5) is 16.2. The van der Waals surface area contributed by atoms with E-state index in [1.165, 1.54) is 0 Å². The lowest BCUT2D eigenvalue weighted by atomic mass is 10.2. The lowest BCUT2D eigenvalue weighted by molar-refractivity contribution is 0.265. The van der Waals surface area contributed by atoms with E-state index in [1.54, 1.807) is 27.7 Å². The molecule has 0 saturated carbocycles. The van der Waals surface area contributed by atoms with Crippen molar-refractivity contribution in [3.05, 3.63) is 47.3 Å². The molecule has 2 aromatic heterocycles. The first-order valence-electron chi connectivity index (χ1n) is 11.5. The Bertz CT molecular complexity index is 1370. The number of aromatic nitrogens is 4. The second-order valence-electron chi connectivity index (χ2n) is 8.38. The third-order valence-corrected chi connectivity index (χ3v) is 6.76. The van der Waals surface area contributed by atoms with Gasteiger partial charge in [-0.15, -0.1) is 0 Å². The van der Waals surface area contributed by atoms with Gasteiger partial charge in [-0.3, -0.25) is 0 Å². The molecule has 1 fully saturated rings. The Morgan fingerprint density at radius 3 is 2.56 bits per heavy atom. The third-order valence-electron chi connectivity index (χ3n) is 6.27. The summed E-state index contributed by atoms with van der Waals surface area (Å²) in [7, 11) is 4.74. The number of imidazole rings is 1. The van der Waals surface area contributed by atoms with Crippen molar-refractivity contribution in [1.29, 1.82) is 0 Å². The highest BCUT2D eigenvalue weighted by molar-refractivity contribution is 9.10. The molecule has 1 atom stereocenters. The molecule has 0 amide bonds. The molecule has 0 aliphatic carbocycles. The molecule has 11 heteroatoms. The monoisotopic (exact) mass is 554 g/mol. The highest BCUT2D eigenvalue weighted by atomic mass is 79.9. The van der Waals surface area contributed by atoms with Gasteiger partial charge in [0.05, 0.1) is 51.4 Å². The minimum Gasteiger partial charge on any atom is -0.493 e. The van der Waals surface area contributed by atoms with Gasteiger partial charge in [-0.2, -0.15) is 4.98 Å². The molecule has 0 bridgehead atoms. The van der Waals surface area contributed by atoms with Gasteiger partial charge >= 0.3 is 0 Å². The second-order valence-corrected chi connectivity index (χ2v) is 9.30. The SMILES string of the molecule is COc1cc(-n2cnc(Nc3nc(N4CCC[C@@H]4CO)nc4cc(Br)ccc34)c2)cc(OC)c1OC. The largest absolute Gasteiger partial charge is 0.493 e. The van der Waals surface area contributed by atoms with Gasteiger partial charge in [0.15, 0.2) is 11.5 Å². The number of aliphatic hydroxyl groups is 1. The minimum absolute atomic E-state index is 0.0155. The Kier molecular flexibility index (Phi) is 6.84. The van der Waals surface area contributed by atoms with E-state index in [2.05, 4.69) is 31.1 Å². The van der Waals surface area contributed by atoms with E-state index >= 15 is 0 Å². The van der Waals surface area contributed by atoms with Gasteiger partial charge < -0.3 is 34.1 Å². The molecule has 10 nitrogen and oxygen atoms in total. The molecule has 36 heavy (non-hydrogen) atoms. The van der Waals surface area contributed by atoms with Crippen LogP contribution in [0.4, 0.5) is 17.6 Å². The number of hydrogen-bond donors (Lipinski definition) is 2. The van der Waals surface area contributed by atoms with Crippen molar-refractivity contribution in [2.24, 2.45) is 0 Å². The first-order chi connectivity index (χ1) is 17.5. The molecule has 188 valence electrons. The number of anilines is 3. The number of aliphatic hydroxyl groups excluding tert-OH is 1. The van der Waals surface area contributed by atoms with Crippen LogP contribution in [-0.2, 0) is 0 Å². The van der Waals surface area contributed by atoms with E-state index in [-0.39, 0.29) is 12.6 Å². The third kappa shape index (κ3) is 4.51. The number of nitrogens with zero attached hydrogens (tertiary/aromatic N) is 5. The maximum atomic E-state index is 9.82. The topological polar surface area (TPSA) is 107 Å². The maximum absolute atomic E-state index is 9.82. The van der Waals surface area contributed by atoms with Crippen molar-refractivity contribution >= 4 is 44.4 Å². The molecule has 2 aromatic carbocycles. The van der Waals surface area contributed by atoms with E-state index in [0.717, 1.165) is 40.4 Å². The number of fused-ring (bicyclic) bond motifs is 1. The Morgan fingerprint density at radius 2 is 1.86 bits per heavy atom. The fraction of sp³-hybridized carbons (Fsp3) is 0.320. The smallest absolute Gasteiger partial charge is 0.228 e. The molecule has 2 N–H and O–H groups in total. The fourth-order valence-corrected chi connectivity index (χ4v) is 4.82. The molecule has 4 aromatic rings. The molecular weight excluding hydrogens is 528 g/mol.